The van der Waals surface area contributed by atoms with E-state index in [1.807, 2.05) is 0 Å². The molecule has 0 amide bonds. The maximum Gasteiger partial charge on any atom is 0.336 e. The Kier molecular flexibility index (Phi) is 12.2. The highest BCUT2D eigenvalue weighted by Crippen LogP contribution is 2.55. The number of fused-ring (bicyclic) bond motifs is 10. The van der Waals surface area contributed by atoms with Crippen molar-refractivity contribution < 1.29 is 4.42 Å². The molecule has 0 spiro atoms. The standard InChI is InChI=1S/C78H88BN3O/c1-47-40-59-56-33-32-55(80(52-26-20-49(21-27-52)72(3,4)5)53-28-22-50(23-29-53)73(6,7)8)43-66(56)82(54-30-24-51(25-31-54)74(9,10)11)79-69(59)67(41-47)81(65-45-62-60(42-48(65)2)75(12,13)36-38-77(62,16)17)64-35-34-57-58-44-61-63(46-68(58)83-71(57)70(64)79)78(18,19)39-37-76(61,14)15/h20-35,40-46H,36-39H2,1-19H3. The van der Waals surface area contributed by atoms with E-state index in [2.05, 4.69) is 286 Å². The van der Waals surface area contributed by atoms with Crippen LogP contribution in [0.3, 0.4) is 0 Å². The molecule has 4 aliphatic rings. The molecule has 13 rings (SSSR count). The number of nitrogens with zero attached hydrogens (tertiary/aromatic N) is 3. The molecule has 8 aromatic carbocycles. The number of furan rings is 1. The summed E-state index contributed by atoms with van der Waals surface area (Å²) in [6, 6.07) is 55.3. The number of aryl methyl sites for hydroxylation is 2. The van der Waals surface area contributed by atoms with Crippen LogP contribution in [0.2, 0.25) is 0 Å². The summed E-state index contributed by atoms with van der Waals surface area (Å²) in [6.45, 7) is 44.7. The minimum Gasteiger partial charge on any atom is -0.456 e. The lowest BCUT2D eigenvalue weighted by Crippen LogP contribution is -2.61. The summed E-state index contributed by atoms with van der Waals surface area (Å²) in [6.07, 6.45) is 4.62. The monoisotopic (exact) mass is 1090 g/mol. The summed E-state index contributed by atoms with van der Waals surface area (Å²) < 4.78 is 7.70. The van der Waals surface area contributed by atoms with Crippen molar-refractivity contribution in [2.75, 3.05) is 14.6 Å². The van der Waals surface area contributed by atoms with Crippen molar-refractivity contribution in [1.82, 2.24) is 0 Å². The van der Waals surface area contributed by atoms with Gasteiger partial charge in [0.15, 0.2) is 0 Å². The lowest BCUT2D eigenvalue weighted by Gasteiger charge is -2.47. The van der Waals surface area contributed by atoms with Gasteiger partial charge in [0, 0.05) is 67.3 Å². The van der Waals surface area contributed by atoms with Gasteiger partial charge in [-0.2, -0.15) is 0 Å². The Morgan fingerprint density at radius 3 is 1.43 bits per heavy atom. The summed E-state index contributed by atoms with van der Waals surface area (Å²) in [4.78, 5) is 7.82. The van der Waals surface area contributed by atoms with Gasteiger partial charge in [-0.05, 0) is 223 Å². The van der Waals surface area contributed by atoms with E-state index in [-0.39, 0.29) is 44.8 Å². The maximum atomic E-state index is 7.70. The minimum atomic E-state index is -0.263. The highest BCUT2D eigenvalue weighted by atomic mass is 16.3. The van der Waals surface area contributed by atoms with Crippen LogP contribution in [0.4, 0.5) is 45.5 Å². The first-order chi connectivity index (χ1) is 38.8. The average molecular weight is 1090 g/mol. The predicted molar refractivity (Wildman–Crippen MR) is 358 cm³/mol. The lowest BCUT2D eigenvalue weighted by molar-refractivity contribution is 0.332. The van der Waals surface area contributed by atoms with Gasteiger partial charge in [-0.3, -0.25) is 0 Å². The molecule has 0 radical (unpaired) electrons. The van der Waals surface area contributed by atoms with E-state index in [0.29, 0.717) is 0 Å². The first-order valence-electron chi connectivity index (χ1n) is 31.0. The molecule has 1 aromatic heterocycles. The quantitative estimate of drug-likeness (QED) is 0.160. The van der Waals surface area contributed by atoms with Gasteiger partial charge in [0.05, 0.1) is 0 Å². The van der Waals surface area contributed by atoms with Crippen LogP contribution in [0.5, 0.6) is 0 Å². The molecule has 83 heavy (non-hydrogen) atoms. The van der Waals surface area contributed by atoms with E-state index < -0.39 is 0 Å². The van der Waals surface area contributed by atoms with Crippen LogP contribution in [-0.4, -0.2) is 6.85 Å². The average Bonchev–Trinajstić information content (AvgIpc) is 2.00. The Morgan fingerprint density at radius 1 is 0.422 bits per heavy atom. The van der Waals surface area contributed by atoms with Crippen LogP contribution >= 0.6 is 0 Å². The van der Waals surface area contributed by atoms with E-state index in [0.717, 1.165) is 53.2 Å². The fraction of sp³-hybridized carbons (Fsp3) is 0.385. The van der Waals surface area contributed by atoms with Crippen molar-refractivity contribution in [3.63, 3.8) is 0 Å². The van der Waals surface area contributed by atoms with Gasteiger partial charge in [-0.1, -0.05) is 172 Å². The van der Waals surface area contributed by atoms with E-state index in [1.54, 1.807) is 0 Å². The minimum absolute atomic E-state index is 0.0206. The summed E-state index contributed by atoms with van der Waals surface area (Å²) in [7, 11) is 0. The van der Waals surface area contributed by atoms with Crippen molar-refractivity contribution in [3.8, 4) is 11.1 Å². The predicted octanol–water partition coefficient (Wildman–Crippen LogP) is 21.0. The van der Waals surface area contributed by atoms with Crippen molar-refractivity contribution >= 4 is 85.2 Å². The fourth-order valence-electron chi connectivity index (χ4n) is 14.9. The number of rotatable bonds is 5. The number of hydrogen-bond acceptors (Lipinski definition) is 4. The van der Waals surface area contributed by atoms with Crippen molar-refractivity contribution in [2.45, 2.75) is 195 Å². The number of anilines is 8. The second-order valence-electron chi connectivity index (χ2n) is 31.4. The molecule has 5 heteroatoms. The zero-order chi connectivity index (χ0) is 59.0. The molecule has 0 bridgehead atoms. The van der Waals surface area contributed by atoms with Gasteiger partial charge in [0.2, 0.25) is 0 Å². The second-order valence-corrected chi connectivity index (χ2v) is 31.4. The second kappa shape index (κ2) is 18.3. The third kappa shape index (κ3) is 8.82. The fourth-order valence-corrected chi connectivity index (χ4v) is 14.9. The molecule has 2 aliphatic carbocycles. The molecule has 0 saturated heterocycles. The Bertz CT molecular complexity index is 4050. The van der Waals surface area contributed by atoms with Gasteiger partial charge >= 0.3 is 6.85 Å². The number of hydrogen-bond donors (Lipinski definition) is 0. The molecule has 0 fully saturated rings. The Morgan fingerprint density at radius 2 is 0.904 bits per heavy atom. The van der Waals surface area contributed by atoms with Gasteiger partial charge in [0.25, 0.3) is 0 Å². The highest BCUT2D eigenvalue weighted by Gasteiger charge is 2.49. The molecule has 0 saturated carbocycles. The van der Waals surface area contributed by atoms with E-state index in [1.165, 1.54) is 112 Å². The zero-order valence-electron chi connectivity index (χ0n) is 53.4. The summed E-state index contributed by atoms with van der Waals surface area (Å²) in [5, 5.41) is 2.38. The summed E-state index contributed by atoms with van der Waals surface area (Å²) >= 11 is 0. The van der Waals surface area contributed by atoms with E-state index in [9.17, 15) is 0 Å². The summed E-state index contributed by atoms with van der Waals surface area (Å²) in [5.41, 5.74) is 28.7. The Balaban J connectivity index is 1.14. The highest BCUT2D eigenvalue weighted by molar-refractivity contribution is 6.95. The van der Waals surface area contributed by atoms with Crippen molar-refractivity contribution in [3.05, 3.63) is 190 Å². The first-order valence-corrected chi connectivity index (χ1v) is 31.0. The third-order valence-corrected chi connectivity index (χ3v) is 20.4. The molecular weight excluding hydrogens is 1010 g/mol. The molecule has 0 atom stereocenters. The lowest BCUT2D eigenvalue weighted by atomic mass is 9.43. The molecule has 4 nitrogen and oxygen atoms in total. The number of benzene rings is 8. The van der Waals surface area contributed by atoms with Crippen LogP contribution in [0.1, 0.15) is 193 Å². The van der Waals surface area contributed by atoms with Crippen LogP contribution in [0.25, 0.3) is 33.1 Å². The topological polar surface area (TPSA) is 22.9 Å². The van der Waals surface area contributed by atoms with E-state index >= 15 is 0 Å². The Hall–Kier alpha value is -6.98. The van der Waals surface area contributed by atoms with E-state index in [4.69, 9.17) is 4.42 Å². The van der Waals surface area contributed by atoms with Crippen LogP contribution in [0.15, 0.2) is 144 Å². The van der Waals surface area contributed by atoms with Gasteiger partial charge in [0.1, 0.15) is 11.2 Å². The van der Waals surface area contributed by atoms with Crippen molar-refractivity contribution in [2.24, 2.45) is 0 Å². The molecule has 9 aromatic rings. The Labute approximate surface area is 497 Å². The smallest absolute Gasteiger partial charge is 0.336 e. The normalized spacial score (nSPS) is 17.5. The molecule has 2 aliphatic heterocycles. The van der Waals surface area contributed by atoms with Crippen molar-refractivity contribution in [1.29, 1.82) is 0 Å². The maximum absolute atomic E-state index is 7.70. The first kappa shape index (κ1) is 55.2. The third-order valence-electron chi connectivity index (χ3n) is 20.4. The van der Waals surface area contributed by atoms with Gasteiger partial charge < -0.3 is 19.0 Å². The summed E-state index contributed by atoms with van der Waals surface area (Å²) in [5.74, 6) is 0. The largest absolute Gasteiger partial charge is 0.456 e. The molecule has 3 heterocycles. The SMILES string of the molecule is Cc1cc2c3c(c1)N(c1cc4c(cc1C)C(C)(C)CCC4(C)C)c1ccc4c(oc5cc6c(cc54)C(C)(C)CCC6(C)C)c1B3N(c1ccc(C(C)(C)C)cc1)c1cc(N(c3ccc(C(C)(C)C)cc3)c3ccc(C(C)(C)C)cc3)ccc1-2. The molecule has 0 N–H and O–H groups in total. The van der Waals surface area contributed by atoms with Crippen LogP contribution in [0, 0.1) is 13.8 Å². The van der Waals surface area contributed by atoms with Gasteiger partial charge in [-0.25, -0.2) is 0 Å². The van der Waals surface area contributed by atoms with Crippen LogP contribution < -0.4 is 25.5 Å². The van der Waals surface area contributed by atoms with Gasteiger partial charge in [-0.15, -0.1) is 0 Å². The molecular formula is C78H88BN3O. The molecule has 424 valence electrons. The zero-order valence-corrected chi connectivity index (χ0v) is 53.4. The molecule has 0 unspecified atom stereocenters. The van der Waals surface area contributed by atoms with Crippen LogP contribution in [-0.2, 0) is 37.9 Å².